The molecule has 0 spiro atoms. The summed E-state index contributed by atoms with van der Waals surface area (Å²) >= 11 is 0. The fourth-order valence-corrected chi connectivity index (χ4v) is 7.18. The molecule has 0 saturated heterocycles. The molecule has 0 bridgehead atoms. The maximum atomic E-state index is 11.7. The zero-order chi connectivity index (χ0) is 43.9. The van der Waals surface area contributed by atoms with E-state index in [1.807, 2.05) is 161 Å². The van der Waals surface area contributed by atoms with Gasteiger partial charge in [-0.05, 0) is 78.9 Å². The minimum Gasteiger partial charge on any atom is -0.493 e. The minimum atomic E-state index is -1.05. The van der Waals surface area contributed by atoms with E-state index in [1.165, 1.54) is 15.6 Å². The van der Waals surface area contributed by atoms with Crippen LogP contribution >= 0.6 is 0 Å². The Kier molecular flexibility index (Phi) is 14.1. The number of rotatable bonds is 10. The van der Waals surface area contributed by atoms with Gasteiger partial charge in [-0.3, -0.25) is 9.98 Å². The zero-order valence-corrected chi connectivity index (χ0v) is 36.1. The molecule has 1 aliphatic heterocycles. The number of aryl methyl sites for hydroxylation is 4. The summed E-state index contributed by atoms with van der Waals surface area (Å²) in [5, 5.41) is 50.5. The van der Waals surface area contributed by atoms with Crippen molar-refractivity contribution in [2.24, 2.45) is 21.0 Å². The van der Waals surface area contributed by atoms with Crippen LogP contribution in [0.1, 0.15) is 54.1 Å². The van der Waals surface area contributed by atoms with Crippen molar-refractivity contribution in [2.75, 3.05) is 0 Å². The Morgan fingerprint density at radius 3 is 1.65 bits per heavy atom. The molecule has 314 valence electrons. The van der Waals surface area contributed by atoms with E-state index in [0.717, 1.165) is 39.1 Å². The van der Waals surface area contributed by atoms with Crippen molar-refractivity contribution in [3.8, 4) is 22.8 Å². The number of carbonyl (C=O) groups is 2. The topological polar surface area (TPSA) is 173 Å². The number of carboxylic acid groups (broad SMARTS) is 2. The smallest absolute Gasteiger partial charge is 0.386 e. The van der Waals surface area contributed by atoms with Crippen LogP contribution in [0.15, 0.2) is 161 Å². The third-order valence-electron chi connectivity index (χ3n) is 10.0. The van der Waals surface area contributed by atoms with Crippen LogP contribution in [-0.4, -0.2) is 70.9 Å². The summed E-state index contributed by atoms with van der Waals surface area (Å²) in [6, 6.07) is 44.6. The van der Waals surface area contributed by atoms with E-state index in [2.05, 4.69) is 20.2 Å². The van der Waals surface area contributed by atoms with Crippen LogP contribution in [0, 0.1) is 33.6 Å². The van der Waals surface area contributed by atoms with Gasteiger partial charge in [0.25, 0.3) is 0 Å². The summed E-state index contributed by atoms with van der Waals surface area (Å²) in [5.41, 5.74) is 8.84. The van der Waals surface area contributed by atoms with Crippen molar-refractivity contribution in [1.82, 2.24) is 9.78 Å². The molecule has 1 unspecified atom stereocenters. The van der Waals surface area contributed by atoms with E-state index >= 15 is 0 Å². The van der Waals surface area contributed by atoms with Gasteiger partial charge in [0.15, 0.2) is 5.92 Å². The van der Waals surface area contributed by atoms with E-state index in [1.54, 1.807) is 18.3 Å². The van der Waals surface area contributed by atoms with Crippen molar-refractivity contribution in [1.29, 1.82) is 0 Å². The maximum Gasteiger partial charge on any atom is 0.386 e. The first kappa shape index (κ1) is 44.8. The molecule has 13 heteroatoms. The summed E-state index contributed by atoms with van der Waals surface area (Å²) in [6.07, 6.45) is 3.04. The van der Waals surface area contributed by atoms with Crippen LogP contribution in [0.3, 0.4) is 0 Å². The third kappa shape index (κ3) is 9.92. The SMILES string of the molecule is Cc1cc(C)c(N=CC2C(c3ccccc3)=N[N+](c3ccccc3)=C2O)c(C(=O)O)c1.Cc1cc(C)c(N=Cc2c(-c3ccccc3)nn(-c3ccccc3)c2O)c(C(=O)O)c1.[Cr]. The molecule has 0 saturated carbocycles. The second-order valence-corrected chi connectivity index (χ2v) is 14.6. The Balaban J connectivity index is 0.000000206. The molecular weight excluding hydrogens is 833 g/mol. The standard InChI is InChI=1S/2C25H21N3O3.Cr/c2*1-16-13-17(2)22(20(14-16)25(30)31)26-15-21-23(18-9-5-3-6-10-18)27-28(24(21)29)19-11-7-4-8-12-19;/h3-15,29H,1-2H3,(H,30,31);3-15,21H,1-2H3,(H,30,31);/p+1. The van der Waals surface area contributed by atoms with Gasteiger partial charge in [0.2, 0.25) is 11.6 Å². The van der Waals surface area contributed by atoms with Crippen molar-refractivity contribution in [3.63, 3.8) is 0 Å². The van der Waals surface area contributed by atoms with Gasteiger partial charge in [0, 0.05) is 58.2 Å². The third-order valence-corrected chi connectivity index (χ3v) is 10.0. The molecule has 2 heterocycles. The summed E-state index contributed by atoms with van der Waals surface area (Å²) in [4.78, 5) is 32.5. The molecule has 0 radical (unpaired) electrons. The molecule has 0 amide bonds. The number of aromatic carboxylic acids is 2. The zero-order valence-electron chi connectivity index (χ0n) is 34.8. The van der Waals surface area contributed by atoms with Crippen LogP contribution < -0.4 is 0 Å². The molecule has 0 fully saturated rings. The number of nitrogens with zero attached hydrogens (tertiary/aromatic N) is 6. The Morgan fingerprint density at radius 2 is 1.13 bits per heavy atom. The van der Waals surface area contributed by atoms with Gasteiger partial charge in [0.1, 0.15) is 11.4 Å². The second kappa shape index (κ2) is 19.8. The average molecular weight is 876 g/mol. The maximum absolute atomic E-state index is 11.7. The number of hydrogen-bond acceptors (Lipinski definition) is 7. The first-order chi connectivity index (χ1) is 29.9. The molecule has 12 nitrogen and oxygen atoms in total. The number of carboxylic acids is 2. The molecule has 6 aromatic carbocycles. The van der Waals surface area contributed by atoms with Crippen LogP contribution in [0.4, 0.5) is 17.1 Å². The van der Waals surface area contributed by atoms with Gasteiger partial charge in [-0.1, -0.05) is 109 Å². The van der Waals surface area contributed by atoms with Crippen molar-refractivity contribution in [2.45, 2.75) is 27.7 Å². The number of aromatic nitrogens is 2. The summed E-state index contributed by atoms with van der Waals surface area (Å²) in [5.74, 6) is -2.77. The summed E-state index contributed by atoms with van der Waals surface area (Å²) in [7, 11) is 0. The monoisotopic (exact) mass is 875 g/mol. The molecule has 1 aromatic heterocycles. The number of para-hydroxylation sites is 2. The minimum absolute atomic E-state index is 0. The fraction of sp³-hybridized carbons (Fsp3) is 0.100. The molecule has 8 rings (SSSR count). The van der Waals surface area contributed by atoms with Crippen molar-refractivity contribution < 1.29 is 52.1 Å². The van der Waals surface area contributed by atoms with E-state index in [0.29, 0.717) is 34.0 Å². The predicted molar refractivity (Wildman–Crippen MR) is 242 cm³/mol. The van der Waals surface area contributed by atoms with E-state index in [-0.39, 0.29) is 40.3 Å². The average Bonchev–Trinajstić information content (AvgIpc) is 3.79. The van der Waals surface area contributed by atoms with Gasteiger partial charge < -0.3 is 20.4 Å². The Hall–Kier alpha value is -7.72. The van der Waals surface area contributed by atoms with Gasteiger partial charge in [-0.15, -0.1) is 0 Å². The first-order valence-electron chi connectivity index (χ1n) is 19.7. The summed E-state index contributed by atoms with van der Waals surface area (Å²) in [6.45, 7) is 7.34. The Bertz CT molecular complexity index is 2910. The number of hydrogen-bond donors (Lipinski definition) is 4. The van der Waals surface area contributed by atoms with Crippen LogP contribution in [0.25, 0.3) is 16.9 Å². The number of aliphatic hydroxyl groups excluding tert-OH is 1. The number of aromatic hydroxyl groups is 1. The normalized spacial score (nSPS) is 13.4. The van der Waals surface area contributed by atoms with Crippen LogP contribution in [0.5, 0.6) is 5.88 Å². The molecule has 63 heavy (non-hydrogen) atoms. The quantitative estimate of drug-likeness (QED) is 0.0782. The molecule has 0 aliphatic carbocycles. The second-order valence-electron chi connectivity index (χ2n) is 14.6. The largest absolute Gasteiger partial charge is 0.493 e. The van der Waals surface area contributed by atoms with Gasteiger partial charge >= 0.3 is 17.8 Å². The number of benzene rings is 6. The van der Waals surface area contributed by atoms with Crippen LogP contribution in [-0.2, 0) is 17.4 Å². The molecule has 4 N–H and O–H groups in total. The number of aliphatic imine (C=N–C) groups is 2. The number of aliphatic hydroxyl groups is 1. The van der Waals surface area contributed by atoms with E-state index in [4.69, 9.17) is 0 Å². The predicted octanol–water partition coefficient (Wildman–Crippen LogP) is 10.3. The Labute approximate surface area is 375 Å². The van der Waals surface area contributed by atoms with Gasteiger partial charge in [-0.2, -0.15) is 5.10 Å². The van der Waals surface area contributed by atoms with Crippen molar-refractivity contribution in [3.05, 3.63) is 190 Å². The number of hydrazone groups is 1. The molecular formula is C50H43CrN6O6+. The fourth-order valence-electron chi connectivity index (χ4n) is 7.18. The molecule has 1 atom stereocenters. The van der Waals surface area contributed by atoms with Gasteiger partial charge in [-0.25, -0.2) is 14.3 Å². The first-order valence-corrected chi connectivity index (χ1v) is 19.7. The molecule has 1 aliphatic rings. The van der Waals surface area contributed by atoms with Crippen molar-refractivity contribution >= 4 is 53.0 Å². The van der Waals surface area contributed by atoms with E-state index in [9.17, 15) is 30.0 Å². The van der Waals surface area contributed by atoms with E-state index < -0.39 is 17.9 Å². The van der Waals surface area contributed by atoms with Crippen LogP contribution in [0.2, 0.25) is 0 Å². The Morgan fingerprint density at radius 1 is 0.651 bits per heavy atom. The van der Waals surface area contributed by atoms with Gasteiger partial charge in [0.05, 0.1) is 33.8 Å². The molecule has 7 aromatic rings. The summed E-state index contributed by atoms with van der Waals surface area (Å²) < 4.78 is 2.93.